The van der Waals surface area contributed by atoms with E-state index in [1.54, 1.807) is 5.01 Å². The Morgan fingerprint density at radius 2 is 2.05 bits per heavy atom. The first-order valence-corrected chi connectivity index (χ1v) is 6.78. The lowest BCUT2D eigenvalue weighted by Crippen LogP contribution is -2.36. The molecule has 0 saturated heterocycles. The Balaban J connectivity index is 2.41. The third-order valence-corrected chi connectivity index (χ3v) is 4.52. The number of fused-ring (bicyclic) bond motifs is 1. The molecule has 0 saturated carbocycles. The first-order valence-electron chi connectivity index (χ1n) is 6.78. The van der Waals surface area contributed by atoms with E-state index in [1.165, 1.54) is 0 Å². The van der Waals surface area contributed by atoms with Gasteiger partial charge in [-0.15, -0.1) is 0 Å². The average molecular weight is 260 g/mol. The lowest BCUT2D eigenvalue weighted by Gasteiger charge is -2.31. The minimum absolute atomic E-state index is 0.254. The number of hydrazine groups is 1. The van der Waals surface area contributed by atoms with Gasteiger partial charge in [0.15, 0.2) is 0 Å². The predicted octanol–water partition coefficient (Wildman–Crippen LogP) is 2.31. The topological polar surface area (TPSA) is 67.6 Å². The summed E-state index contributed by atoms with van der Waals surface area (Å²) < 4.78 is 0. The van der Waals surface area contributed by atoms with Crippen LogP contribution >= 0.6 is 0 Å². The van der Waals surface area contributed by atoms with Crippen LogP contribution in [-0.2, 0) is 0 Å². The molecule has 19 heavy (non-hydrogen) atoms. The normalized spacial score (nSPS) is 31.6. The zero-order valence-electron chi connectivity index (χ0n) is 12.1. The highest BCUT2D eigenvalue weighted by Gasteiger charge is 2.30. The van der Waals surface area contributed by atoms with E-state index >= 15 is 0 Å². The molecule has 0 amide bonds. The first kappa shape index (κ1) is 14.0. The molecule has 1 aliphatic carbocycles. The average Bonchev–Trinajstić information content (AvgIpc) is 2.59. The van der Waals surface area contributed by atoms with Crippen LogP contribution in [0.5, 0.6) is 0 Å². The molecule has 4 N–H and O–H groups in total. The fraction of sp³-hybridized carbons (Fsp3) is 0.533. The standard InChI is InChI=1S/C15H24N4/c1-10(2)15(4)7-5-12-9-18-14(16)11(3)19(17)13(12)6-8-15/h5-6,9-10,14H,3,7-8,16-17H2,1-2,4H3. The van der Waals surface area contributed by atoms with Crippen molar-refractivity contribution in [1.82, 2.24) is 5.01 Å². The lowest BCUT2D eigenvalue weighted by molar-refractivity contribution is 0.225. The highest BCUT2D eigenvalue weighted by atomic mass is 15.4. The van der Waals surface area contributed by atoms with Gasteiger partial charge in [-0.3, -0.25) is 10.0 Å². The molecular weight excluding hydrogens is 236 g/mol. The van der Waals surface area contributed by atoms with Crippen molar-refractivity contribution in [3.63, 3.8) is 0 Å². The van der Waals surface area contributed by atoms with Gasteiger partial charge in [-0.1, -0.05) is 39.5 Å². The van der Waals surface area contributed by atoms with E-state index in [2.05, 4.69) is 44.5 Å². The van der Waals surface area contributed by atoms with E-state index in [-0.39, 0.29) is 5.41 Å². The zero-order valence-corrected chi connectivity index (χ0v) is 12.1. The molecule has 0 fully saturated rings. The molecule has 2 unspecified atom stereocenters. The Hall–Kier alpha value is -1.39. The number of nitrogens with zero attached hydrogens (tertiary/aromatic N) is 2. The van der Waals surface area contributed by atoms with E-state index in [9.17, 15) is 0 Å². The predicted molar refractivity (Wildman–Crippen MR) is 80.0 cm³/mol. The molecule has 4 nitrogen and oxygen atoms in total. The molecule has 0 radical (unpaired) electrons. The maximum Gasteiger partial charge on any atom is 0.139 e. The first-order chi connectivity index (χ1) is 8.85. The van der Waals surface area contributed by atoms with Crippen molar-refractivity contribution < 1.29 is 0 Å². The van der Waals surface area contributed by atoms with Crippen LogP contribution < -0.4 is 11.6 Å². The van der Waals surface area contributed by atoms with Gasteiger partial charge in [-0.25, -0.2) is 5.84 Å². The minimum atomic E-state index is -0.463. The lowest BCUT2D eigenvalue weighted by atomic mass is 9.74. The molecule has 1 aliphatic heterocycles. The van der Waals surface area contributed by atoms with Crippen LogP contribution in [0.25, 0.3) is 0 Å². The van der Waals surface area contributed by atoms with Crippen LogP contribution in [0, 0.1) is 11.3 Å². The Morgan fingerprint density at radius 3 is 2.68 bits per heavy atom. The van der Waals surface area contributed by atoms with Crippen molar-refractivity contribution in [1.29, 1.82) is 0 Å². The molecule has 0 aromatic rings. The number of hydrogen-bond donors (Lipinski definition) is 2. The second kappa shape index (κ2) is 4.94. The highest BCUT2D eigenvalue weighted by Crippen LogP contribution is 2.39. The number of allylic oxidation sites excluding steroid dienone is 3. The molecule has 4 heteroatoms. The van der Waals surface area contributed by atoms with Crippen LogP contribution in [0.4, 0.5) is 0 Å². The van der Waals surface area contributed by atoms with Gasteiger partial charge in [0.2, 0.25) is 0 Å². The van der Waals surface area contributed by atoms with E-state index in [4.69, 9.17) is 11.6 Å². The Kier molecular flexibility index (Phi) is 3.65. The van der Waals surface area contributed by atoms with Crippen molar-refractivity contribution in [2.24, 2.45) is 27.9 Å². The SMILES string of the molecule is C=C1C(N)N=CC2=CCC(C)(C(C)C)CC=C2N1N. The summed E-state index contributed by atoms with van der Waals surface area (Å²) in [6.45, 7) is 10.8. The number of nitrogens with two attached hydrogens (primary N) is 2. The fourth-order valence-electron chi connectivity index (χ4n) is 2.35. The van der Waals surface area contributed by atoms with Gasteiger partial charge in [-0.05, 0) is 24.2 Å². The molecular formula is C15H24N4. The third kappa shape index (κ3) is 2.51. The summed E-state index contributed by atoms with van der Waals surface area (Å²) in [6, 6.07) is 0. The quantitative estimate of drug-likeness (QED) is 0.711. The molecule has 2 aliphatic rings. The number of aliphatic imine (C=N–C) groups is 1. The fourth-order valence-corrected chi connectivity index (χ4v) is 2.35. The van der Waals surface area contributed by atoms with Crippen molar-refractivity contribution in [3.05, 3.63) is 35.7 Å². The third-order valence-electron chi connectivity index (χ3n) is 4.52. The molecule has 0 aromatic heterocycles. The smallest absolute Gasteiger partial charge is 0.139 e. The minimum Gasteiger partial charge on any atom is -0.305 e. The zero-order chi connectivity index (χ0) is 14.2. The Morgan fingerprint density at radius 1 is 1.42 bits per heavy atom. The summed E-state index contributed by atoms with van der Waals surface area (Å²) in [6.07, 6.45) is 7.77. The van der Waals surface area contributed by atoms with Crippen molar-refractivity contribution in [2.75, 3.05) is 0 Å². The largest absolute Gasteiger partial charge is 0.305 e. The van der Waals surface area contributed by atoms with E-state index < -0.39 is 6.17 Å². The second-order valence-corrected chi connectivity index (χ2v) is 6.05. The van der Waals surface area contributed by atoms with Crippen LogP contribution in [0.3, 0.4) is 0 Å². The number of hydrogen-bond acceptors (Lipinski definition) is 4. The summed E-state index contributed by atoms with van der Waals surface area (Å²) >= 11 is 0. The molecule has 2 rings (SSSR count). The van der Waals surface area contributed by atoms with Gasteiger partial charge in [0.05, 0.1) is 11.4 Å². The summed E-state index contributed by atoms with van der Waals surface area (Å²) in [4.78, 5) is 4.30. The van der Waals surface area contributed by atoms with E-state index in [0.29, 0.717) is 11.6 Å². The van der Waals surface area contributed by atoms with Gasteiger partial charge < -0.3 is 5.73 Å². The van der Waals surface area contributed by atoms with E-state index in [0.717, 1.165) is 24.1 Å². The van der Waals surface area contributed by atoms with Crippen LogP contribution in [0.2, 0.25) is 0 Å². The van der Waals surface area contributed by atoms with Crippen molar-refractivity contribution in [2.45, 2.75) is 39.8 Å². The van der Waals surface area contributed by atoms with Crippen molar-refractivity contribution >= 4 is 6.21 Å². The van der Waals surface area contributed by atoms with E-state index in [1.807, 2.05) is 6.21 Å². The van der Waals surface area contributed by atoms with Gasteiger partial charge in [0.25, 0.3) is 0 Å². The summed E-state index contributed by atoms with van der Waals surface area (Å²) in [5.74, 6) is 6.73. The summed E-state index contributed by atoms with van der Waals surface area (Å²) in [5, 5.41) is 1.58. The van der Waals surface area contributed by atoms with Gasteiger partial charge in [0.1, 0.15) is 6.17 Å². The number of rotatable bonds is 1. The maximum atomic E-state index is 6.12. The molecule has 104 valence electrons. The highest BCUT2D eigenvalue weighted by molar-refractivity contribution is 5.85. The van der Waals surface area contributed by atoms with Crippen LogP contribution in [-0.4, -0.2) is 17.4 Å². The monoisotopic (exact) mass is 260 g/mol. The van der Waals surface area contributed by atoms with Gasteiger partial charge >= 0.3 is 0 Å². The molecule has 1 heterocycles. The van der Waals surface area contributed by atoms with Gasteiger partial charge in [0, 0.05) is 11.8 Å². The summed E-state index contributed by atoms with van der Waals surface area (Å²) in [7, 11) is 0. The maximum absolute atomic E-state index is 6.12. The van der Waals surface area contributed by atoms with Crippen molar-refractivity contribution in [3.8, 4) is 0 Å². The Labute approximate surface area is 115 Å². The summed E-state index contributed by atoms with van der Waals surface area (Å²) in [5.41, 5.74) is 8.77. The van der Waals surface area contributed by atoms with Crippen LogP contribution in [0.15, 0.2) is 40.7 Å². The van der Waals surface area contributed by atoms with Crippen LogP contribution in [0.1, 0.15) is 33.6 Å². The molecule has 0 aromatic carbocycles. The molecule has 2 atom stereocenters. The second-order valence-electron chi connectivity index (χ2n) is 6.05. The molecule has 0 bridgehead atoms. The molecule has 0 spiro atoms. The Bertz CT molecular complexity index is 473. The van der Waals surface area contributed by atoms with Gasteiger partial charge in [-0.2, -0.15) is 0 Å².